The summed E-state index contributed by atoms with van der Waals surface area (Å²) in [5, 5.41) is 22.2. The SMILES string of the molecule is COc1cccc(N=C=S)c1.COc1cccc(Nc2n[nH]c3c2Cc2cc(OCCCO)c(OC)cc2-3)c1. The van der Waals surface area contributed by atoms with E-state index in [0.29, 0.717) is 24.5 Å². The molecule has 1 aliphatic rings. The van der Waals surface area contributed by atoms with Crippen LogP contribution in [0.15, 0.2) is 65.7 Å². The number of ether oxygens (including phenoxy) is 4. The molecule has 0 saturated carbocycles. The molecule has 10 heteroatoms. The number of aromatic amines is 1. The average Bonchev–Trinajstić information content (AvgIpc) is 3.52. The van der Waals surface area contributed by atoms with Crippen molar-refractivity contribution in [1.82, 2.24) is 10.2 Å². The summed E-state index contributed by atoms with van der Waals surface area (Å²) in [7, 11) is 4.88. The predicted octanol–water partition coefficient (Wildman–Crippen LogP) is 5.93. The van der Waals surface area contributed by atoms with Gasteiger partial charge >= 0.3 is 0 Å². The highest BCUT2D eigenvalue weighted by Gasteiger charge is 2.27. The first-order valence-electron chi connectivity index (χ1n) is 12.2. The van der Waals surface area contributed by atoms with E-state index in [4.69, 9.17) is 24.1 Å². The molecule has 1 aromatic heterocycles. The second kappa shape index (κ2) is 13.4. The van der Waals surface area contributed by atoms with Crippen LogP contribution in [-0.2, 0) is 6.42 Å². The number of benzene rings is 3. The molecule has 0 radical (unpaired) electrons. The topological polar surface area (TPSA) is 110 Å². The fourth-order valence-electron chi connectivity index (χ4n) is 4.12. The molecular formula is C29H30N4O5S. The molecule has 0 fully saturated rings. The standard InChI is InChI=1S/C21H23N3O4.C8H7NOS/c1-26-15-6-3-5-14(11-15)22-21-17-9-13-10-19(28-8-4-7-25)18(27-2)12-16(13)20(17)23-24-21;1-10-8-4-2-3-7(5-8)9-6-11/h3,5-6,10-12,25H,4,7-9H2,1-2H3,(H2,22,23,24);2-5H,1H3. The molecule has 0 atom stereocenters. The lowest BCUT2D eigenvalue weighted by Crippen LogP contribution is -2.02. The molecule has 0 aliphatic heterocycles. The number of fused-ring (bicyclic) bond motifs is 3. The molecule has 9 nitrogen and oxygen atoms in total. The fraction of sp³-hybridized carbons (Fsp3) is 0.241. The minimum Gasteiger partial charge on any atom is -0.497 e. The van der Waals surface area contributed by atoms with E-state index in [9.17, 15) is 0 Å². The lowest BCUT2D eigenvalue weighted by atomic mass is 10.1. The lowest BCUT2D eigenvalue weighted by molar-refractivity contribution is 0.228. The molecule has 202 valence electrons. The summed E-state index contributed by atoms with van der Waals surface area (Å²) in [5.41, 5.74) is 5.98. The van der Waals surface area contributed by atoms with E-state index in [1.165, 1.54) is 0 Å². The molecule has 0 spiro atoms. The average molecular weight is 547 g/mol. The third-order valence-corrected chi connectivity index (χ3v) is 6.11. The summed E-state index contributed by atoms with van der Waals surface area (Å²) in [5.74, 6) is 3.71. The number of H-pyrrole nitrogens is 1. The first-order valence-corrected chi connectivity index (χ1v) is 12.7. The Labute approximate surface area is 232 Å². The second-order valence-electron chi connectivity index (χ2n) is 8.45. The zero-order valence-corrected chi connectivity index (χ0v) is 22.8. The highest BCUT2D eigenvalue weighted by Crippen LogP contribution is 2.44. The molecule has 3 N–H and O–H groups in total. The van der Waals surface area contributed by atoms with E-state index < -0.39 is 0 Å². The van der Waals surface area contributed by atoms with Crippen molar-refractivity contribution in [2.45, 2.75) is 12.8 Å². The van der Waals surface area contributed by atoms with Crippen molar-refractivity contribution >= 4 is 34.6 Å². The molecule has 0 bridgehead atoms. The third kappa shape index (κ3) is 6.74. The highest BCUT2D eigenvalue weighted by molar-refractivity contribution is 7.78. The smallest absolute Gasteiger partial charge is 0.161 e. The Bertz CT molecular complexity index is 1470. The molecule has 4 aromatic rings. The number of hydrogen-bond acceptors (Lipinski definition) is 9. The van der Waals surface area contributed by atoms with Crippen LogP contribution in [0, 0.1) is 0 Å². The van der Waals surface area contributed by atoms with Crippen molar-refractivity contribution in [3.63, 3.8) is 0 Å². The van der Waals surface area contributed by atoms with Gasteiger partial charge in [-0.05, 0) is 54.2 Å². The van der Waals surface area contributed by atoms with Crippen molar-refractivity contribution in [3.05, 3.63) is 71.8 Å². The molecular weight excluding hydrogens is 516 g/mol. The summed E-state index contributed by atoms with van der Waals surface area (Å²) in [6.07, 6.45) is 1.33. The van der Waals surface area contributed by atoms with E-state index in [2.05, 4.69) is 37.9 Å². The van der Waals surface area contributed by atoms with Gasteiger partial charge in [-0.15, -0.1) is 0 Å². The lowest BCUT2D eigenvalue weighted by Gasteiger charge is -2.12. The first kappa shape index (κ1) is 27.7. The number of nitrogens with zero attached hydrogens (tertiary/aromatic N) is 2. The van der Waals surface area contributed by atoms with Gasteiger partial charge in [0.15, 0.2) is 17.3 Å². The van der Waals surface area contributed by atoms with Crippen LogP contribution in [0.4, 0.5) is 17.2 Å². The fourth-order valence-corrected chi connectivity index (χ4v) is 4.23. The van der Waals surface area contributed by atoms with E-state index in [1.54, 1.807) is 27.4 Å². The number of thiocarbonyl (C=S) groups is 1. The van der Waals surface area contributed by atoms with Crippen LogP contribution < -0.4 is 24.3 Å². The van der Waals surface area contributed by atoms with E-state index in [0.717, 1.165) is 57.5 Å². The number of isothiocyanates is 1. The van der Waals surface area contributed by atoms with Gasteiger partial charge in [-0.3, -0.25) is 5.10 Å². The Morgan fingerprint density at radius 3 is 2.49 bits per heavy atom. The summed E-state index contributed by atoms with van der Waals surface area (Å²) < 4.78 is 21.5. The van der Waals surface area contributed by atoms with Crippen LogP contribution in [0.5, 0.6) is 23.0 Å². The Hall–Kier alpha value is -4.37. The number of anilines is 2. The van der Waals surface area contributed by atoms with Crippen molar-refractivity contribution in [2.24, 2.45) is 4.99 Å². The molecule has 0 saturated heterocycles. The van der Waals surface area contributed by atoms with Crippen molar-refractivity contribution in [1.29, 1.82) is 0 Å². The van der Waals surface area contributed by atoms with E-state index in [-0.39, 0.29) is 6.61 Å². The zero-order valence-electron chi connectivity index (χ0n) is 22.0. The van der Waals surface area contributed by atoms with Crippen molar-refractivity contribution in [3.8, 4) is 34.3 Å². The van der Waals surface area contributed by atoms with Crippen molar-refractivity contribution < 1.29 is 24.1 Å². The number of rotatable bonds is 10. The van der Waals surface area contributed by atoms with Crippen LogP contribution in [0.25, 0.3) is 11.3 Å². The van der Waals surface area contributed by atoms with Crippen LogP contribution >= 0.6 is 12.2 Å². The van der Waals surface area contributed by atoms with Crippen LogP contribution in [-0.4, -0.2) is 55.0 Å². The number of aromatic nitrogens is 2. The minimum absolute atomic E-state index is 0.1000. The maximum atomic E-state index is 8.96. The second-order valence-corrected chi connectivity index (χ2v) is 8.63. The van der Waals surface area contributed by atoms with Crippen LogP contribution in [0.2, 0.25) is 0 Å². The molecule has 1 aliphatic carbocycles. The Kier molecular flexibility index (Phi) is 9.53. The molecule has 3 aromatic carbocycles. The van der Waals surface area contributed by atoms with Gasteiger partial charge in [-0.25, -0.2) is 0 Å². The van der Waals surface area contributed by atoms with Gasteiger partial charge < -0.3 is 29.4 Å². The predicted molar refractivity (Wildman–Crippen MR) is 155 cm³/mol. The quantitative estimate of drug-likeness (QED) is 0.112. The number of hydrogen-bond donors (Lipinski definition) is 3. The largest absolute Gasteiger partial charge is 0.497 e. The van der Waals surface area contributed by atoms with Gasteiger partial charge in [-0.2, -0.15) is 10.1 Å². The van der Waals surface area contributed by atoms with E-state index in [1.807, 2.05) is 54.6 Å². The summed E-state index contributed by atoms with van der Waals surface area (Å²) in [6, 6.07) is 19.1. The first-order chi connectivity index (χ1) is 19.1. The highest BCUT2D eigenvalue weighted by atomic mass is 32.1. The van der Waals surface area contributed by atoms with E-state index >= 15 is 0 Å². The number of aliphatic hydroxyl groups is 1. The summed E-state index contributed by atoms with van der Waals surface area (Å²) in [6.45, 7) is 0.546. The van der Waals surface area contributed by atoms with Crippen LogP contribution in [0.1, 0.15) is 17.5 Å². The molecule has 0 unspecified atom stereocenters. The Morgan fingerprint density at radius 2 is 1.77 bits per heavy atom. The zero-order chi connectivity index (χ0) is 27.6. The third-order valence-electron chi connectivity index (χ3n) is 6.01. The van der Waals surface area contributed by atoms with Gasteiger partial charge in [0.2, 0.25) is 0 Å². The monoisotopic (exact) mass is 546 g/mol. The van der Waals surface area contributed by atoms with Gasteiger partial charge in [0.1, 0.15) is 11.5 Å². The summed E-state index contributed by atoms with van der Waals surface area (Å²) in [4.78, 5) is 3.80. The molecule has 1 heterocycles. The van der Waals surface area contributed by atoms with Gasteiger partial charge in [0.05, 0.1) is 44.5 Å². The van der Waals surface area contributed by atoms with Gasteiger partial charge in [0.25, 0.3) is 0 Å². The Morgan fingerprint density at radius 1 is 1.00 bits per heavy atom. The maximum absolute atomic E-state index is 8.96. The number of aliphatic imine (C=N–C) groups is 1. The van der Waals surface area contributed by atoms with Crippen molar-refractivity contribution in [2.75, 3.05) is 39.9 Å². The number of aliphatic hydroxyl groups excluding tert-OH is 1. The molecule has 5 rings (SSSR count). The van der Waals surface area contributed by atoms with Gasteiger partial charge in [-0.1, -0.05) is 12.1 Å². The summed E-state index contributed by atoms with van der Waals surface area (Å²) >= 11 is 4.46. The van der Waals surface area contributed by atoms with Gasteiger partial charge in [0, 0.05) is 48.4 Å². The normalized spacial score (nSPS) is 10.8. The number of methoxy groups -OCH3 is 3. The molecule has 0 amide bonds. The van der Waals surface area contributed by atoms with Crippen LogP contribution in [0.3, 0.4) is 0 Å². The number of nitrogens with one attached hydrogen (secondary N) is 2. The Balaban J connectivity index is 0.000000270. The minimum atomic E-state index is 0.1000. The molecule has 39 heavy (non-hydrogen) atoms. The maximum Gasteiger partial charge on any atom is 0.161 e.